The second-order valence-electron chi connectivity index (χ2n) is 7.51. The quantitative estimate of drug-likeness (QED) is 0.137. The average molecular weight is 472 g/mol. The molecule has 3 aromatic carbocycles. The zero-order valence-corrected chi connectivity index (χ0v) is 19.0. The van der Waals surface area contributed by atoms with E-state index in [1.54, 1.807) is 12.1 Å². The van der Waals surface area contributed by atoms with Crippen molar-refractivity contribution in [2.24, 2.45) is 0 Å². The van der Waals surface area contributed by atoms with Crippen molar-refractivity contribution in [2.45, 2.75) is 18.6 Å². The van der Waals surface area contributed by atoms with Crippen molar-refractivity contribution in [1.82, 2.24) is 5.32 Å². The van der Waals surface area contributed by atoms with Gasteiger partial charge < -0.3 is 31.3 Å². The second kappa shape index (κ2) is 13.4. The van der Waals surface area contributed by atoms with Crippen LogP contribution in [-0.4, -0.2) is 41.4 Å². The van der Waals surface area contributed by atoms with E-state index in [0.29, 0.717) is 31.6 Å². The highest BCUT2D eigenvalue weighted by Crippen LogP contribution is 2.26. The molecule has 0 aliphatic carbocycles. The lowest BCUT2D eigenvalue weighted by Crippen LogP contribution is -2.23. The molecule has 0 heterocycles. The number of aliphatic hydroxyl groups excluding tert-OH is 2. The number of rotatable bonds is 12. The fraction of sp³-hybridized carbons (Fsp3) is 0.240. The second-order valence-corrected chi connectivity index (χ2v) is 7.51. The molecule has 176 valence electrons. The summed E-state index contributed by atoms with van der Waals surface area (Å²) in [5.41, 5.74) is 3.85. The fourth-order valence-electron chi connectivity index (χ4n) is 3.33. The number of aliphatic hydroxyl groups is 2. The third-order valence-corrected chi connectivity index (χ3v) is 5.19. The molecule has 0 saturated heterocycles. The Morgan fingerprint density at radius 1 is 0.848 bits per heavy atom. The molecule has 0 radical (unpaired) electrons. The zero-order chi connectivity index (χ0) is 22.8. The number of amides is 1. The Kier molecular flexibility index (Phi) is 10.7. The van der Waals surface area contributed by atoms with Gasteiger partial charge in [0.05, 0.1) is 17.9 Å². The molecule has 33 heavy (non-hydrogen) atoms. The van der Waals surface area contributed by atoms with Gasteiger partial charge in [-0.3, -0.25) is 4.79 Å². The highest BCUT2D eigenvalue weighted by Gasteiger charge is 2.10. The molecule has 0 aliphatic heterocycles. The number of hydrogen-bond acceptors (Lipinski definition) is 6. The van der Waals surface area contributed by atoms with E-state index in [2.05, 4.69) is 16.0 Å². The Morgan fingerprint density at radius 3 is 2.24 bits per heavy atom. The number of halogens is 1. The molecular formula is C25H30ClN3O4. The van der Waals surface area contributed by atoms with Crippen molar-refractivity contribution in [3.05, 3.63) is 89.5 Å². The minimum Gasteiger partial charge on any atom is -0.506 e. The Morgan fingerprint density at radius 2 is 1.55 bits per heavy atom. The topological polar surface area (TPSA) is 114 Å². The average Bonchev–Trinajstić information content (AvgIpc) is 2.83. The highest BCUT2D eigenvalue weighted by molar-refractivity contribution is 5.85. The maximum atomic E-state index is 10.6. The van der Waals surface area contributed by atoms with Crippen LogP contribution in [0.25, 0.3) is 0 Å². The molecule has 0 bridgehead atoms. The van der Waals surface area contributed by atoms with Crippen LogP contribution in [0.1, 0.15) is 28.9 Å². The first-order chi connectivity index (χ1) is 15.6. The summed E-state index contributed by atoms with van der Waals surface area (Å²) >= 11 is 0. The Labute approximate surface area is 199 Å². The van der Waals surface area contributed by atoms with E-state index >= 15 is 0 Å². The van der Waals surface area contributed by atoms with Crippen molar-refractivity contribution in [1.29, 1.82) is 0 Å². The molecule has 0 fully saturated rings. The van der Waals surface area contributed by atoms with Gasteiger partial charge in [-0.25, -0.2) is 0 Å². The minimum absolute atomic E-state index is 0. The lowest BCUT2D eigenvalue weighted by Gasteiger charge is -2.15. The van der Waals surface area contributed by atoms with Gasteiger partial charge in [0, 0.05) is 18.8 Å². The van der Waals surface area contributed by atoms with Crippen LogP contribution < -0.4 is 16.0 Å². The van der Waals surface area contributed by atoms with Crippen LogP contribution in [0.5, 0.6) is 5.75 Å². The first-order valence-electron chi connectivity index (χ1n) is 10.5. The van der Waals surface area contributed by atoms with Gasteiger partial charge in [-0.2, -0.15) is 0 Å². The third kappa shape index (κ3) is 8.07. The van der Waals surface area contributed by atoms with Crippen LogP contribution in [0.3, 0.4) is 0 Å². The predicted molar refractivity (Wildman–Crippen MR) is 133 cm³/mol. The van der Waals surface area contributed by atoms with Gasteiger partial charge in [0.15, 0.2) is 0 Å². The molecule has 2 atom stereocenters. The number of phenols is 1. The summed E-state index contributed by atoms with van der Waals surface area (Å²) in [5, 5.41) is 39.1. The van der Waals surface area contributed by atoms with E-state index in [4.69, 9.17) is 0 Å². The van der Waals surface area contributed by atoms with Gasteiger partial charge in [-0.15, -0.1) is 12.4 Å². The number of carbonyl (C=O) groups excluding carboxylic acids is 1. The zero-order valence-electron chi connectivity index (χ0n) is 18.1. The highest BCUT2D eigenvalue weighted by atomic mass is 35.5. The number of nitrogens with one attached hydrogen (secondary N) is 3. The molecule has 0 spiro atoms. The van der Waals surface area contributed by atoms with Gasteiger partial charge in [0.25, 0.3) is 0 Å². The Balaban J connectivity index is 0.00000385. The van der Waals surface area contributed by atoms with Crippen LogP contribution >= 0.6 is 12.4 Å². The van der Waals surface area contributed by atoms with E-state index in [1.807, 2.05) is 54.6 Å². The molecule has 0 saturated carbocycles. The SMILES string of the molecule is Cl.O=CNc1cc([C@@H](O)CNCCc2ccc(NC[C@@H](O)c3ccccc3)cc2)ccc1O. The minimum atomic E-state index is -0.759. The van der Waals surface area contributed by atoms with Crippen LogP contribution in [-0.2, 0) is 11.2 Å². The van der Waals surface area contributed by atoms with Crippen LogP contribution in [0, 0.1) is 0 Å². The summed E-state index contributed by atoms with van der Waals surface area (Å²) in [6, 6.07) is 22.2. The Hall–Kier alpha value is -3.10. The van der Waals surface area contributed by atoms with E-state index in [9.17, 15) is 20.1 Å². The number of aromatic hydroxyl groups is 1. The smallest absolute Gasteiger partial charge is 0.211 e. The molecule has 3 rings (SSSR count). The number of hydrogen-bond donors (Lipinski definition) is 6. The summed E-state index contributed by atoms with van der Waals surface area (Å²) in [6.07, 6.45) is -0.0427. The number of carbonyl (C=O) groups is 1. The van der Waals surface area contributed by atoms with Crippen molar-refractivity contribution in [3.63, 3.8) is 0 Å². The first kappa shape index (κ1) is 26.2. The maximum Gasteiger partial charge on any atom is 0.211 e. The van der Waals surface area contributed by atoms with Gasteiger partial charge in [-0.05, 0) is 53.9 Å². The van der Waals surface area contributed by atoms with Crippen molar-refractivity contribution < 1.29 is 20.1 Å². The number of phenolic OH excluding ortho intramolecular Hbond substituents is 1. The normalized spacial score (nSPS) is 12.3. The molecule has 1 amide bonds. The summed E-state index contributed by atoms with van der Waals surface area (Å²) in [5.74, 6) is -0.0477. The van der Waals surface area contributed by atoms with Gasteiger partial charge in [-0.1, -0.05) is 48.5 Å². The molecule has 6 N–H and O–H groups in total. The molecule has 0 aromatic heterocycles. The lowest BCUT2D eigenvalue weighted by molar-refractivity contribution is -0.105. The number of benzene rings is 3. The van der Waals surface area contributed by atoms with E-state index in [1.165, 1.54) is 6.07 Å². The summed E-state index contributed by atoms with van der Waals surface area (Å²) in [6.45, 7) is 1.47. The van der Waals surface area contributed by atoms with Gasteiger partial charge >= 0.3 is 0 Å². The largest absolute Gasteiger partial charge is 0.506 e. The predicted octanol–water partition coefficient (Wildman–Crippen LogP) is 3.39. The van der Waals surface area contributed by atoms with Crippen molar-refractivity contribution >= 4 is 30.2 Å². The molecule has 3 aromatic rings. The molecular weight excluding hydrogens is 442 g/mol. The Bertz CT molecular complexity index is 987. The third-order valence-electron chi connectivity index (χ3n) is 5.19. The van der Waals surface area contributed by atoms with Crippen molar-refractivity contribution in [3.8, 4) is 5.75 Å². The number of anilines is 2. The van der Waals surface area contributed by atoms with Crippen LogP contribution in [0.4, 0.5) is 11.4 Å². The molecule has 0 aliphatic rings. The van der Waals surface area contributed by atoms with Gasteiger partial charge in [0.1, 0.15) is 5.75 Å². The maximum absolute atomic E-state index is 10.6. The summed E-state index contributed by atoms with van der Waals surface area (Å²) in [4.78, 5) is 10.6. The standard InChI is InChI=1S/C25H29N3O4.ClH/c29-17-28-22-14-20(8-11-23(22)30)24(31)15-26-13-12-18-6-9-21(10-7-18)27-16-25(32)19-4-2-1-3-5-19;/h1-11,14,17,24-27,30-32H,12-13,15-16H2,(H,28,29);1H/t24-,25+;/m0./s1. The van der Waals surface area contributed by atoms with Crippen LogP contribution in [0.2, 0.25) is 0 Å². The van der Waals surface area contributed by atoms with E-state index in [-0.39, 0.29) is 23.8 Å². The summed E-state index contributed by atoms with van der Waals surface area (Å²) < 4.78 is 0. The van der Waals surface area contributed by atoms with E-state index < -0.39 is 12.2 Å². The monoisotopic (exact) mass is 471 g/mol. The van der Waals surface area contributed by atoms with Crippen molar-refractivity contribution in [2.75, 3.05) is 30.3 Å². The lowest BCUT2D eigenvalue weighted by atomic mass is 10.1. The fourth-order valence-corrected chi connectivity index (χ4v) is 3.33. The molecule has 8 heteroatoms. The van der Waals surface area contributed by atoms with E-state index in [0.717, 1.165) is 23.2 Å². The molecule has 0 unspecified atom stereocenters. The summed E-state index contributed by atoms with van der Waals surface area (Å²) in [7, 11) is 0. The molecule has 7 nitrogen and oxygen atoms in total. The van der Waals surface area contributed by atoms with Gasteiger partial charge in [0.2, 0.25) is 6.41 Å². The first-order valence-corrected chi connectivity index (χ1v) is 10.5. The van der Waals surface area contributed by atoms with Crippen LogP contribution in [0.15, 0.2) is 72.8 Å².